The third-order valence-corrected chi connectivity index (χ3v) is 2.81. The Hall–Kier alpha value is -2.43. The number of carbonyl (C=O) groups excluding carboxylic acids is 1. The van der Waals surface area contributed by atoms with E-state index in [0.29, 0.717) is 11.3 Å². The summed E-state index contributed by atoms with van der Waals surface area (Å²) < 4.78 is 31.2. The molecule has 0 fully saturated rings. The molecule has 20 heavy (non-hydrogen) atoms. The highest BCUT2D eigenvalue weighted by atomic mass is 19.2. The number of esters is 1. The van der Waals surface area contributed by atoms with Crippen molar-refractivity contribution in [1.29, 1.82) is 0 Å². The van der Waals surface area contributed by atoms with Crippen molar-refractivity contribution in [2.75, 3.05) is 5.73 Å². The van der Waals surface area contributed by atoms with E-state index in [0.717, 1.165) is 6.07 Å². The molecule has 0 atom stereocenters. The van der Waals surface area contributed by atoms with Crippen molar-refractivity contribution in [1.82, 2.24) is 0 Å². The van der Waals surface area contributed by atoms with Crippen LogP contribution in [0.2, 0.25) is 0 Å². The molecule has 0 aliphatic carbocycles. The van der Waals surface area contributed by atoms with Gasteiger partial charge in [0.2, 0.25) is 0 Å². The summed E-state index contributed by atoms with van der Waals surface area (Å²) in [6.45, 7) is -0.310. The largest absolute Gasteiger partial charge is 0.460 e. The number of hydrogen-bond donors (Lipinski definition) is 1. The van der Waals surface area contributed by atoms with Gasteiger partial charge in [-0.25, -0.2) is 8.78 Å². The minimum atomic E-state index is -1.00. The SMILES string of the molecule is Nc1ccccc1CC(=O)OCc1cccc(F)c1F. The predicted octanol–water partition coefficient (Wildman–Crippen LogP) is 2.83. The van der Waals surface area contributed by atoms with E-state index in [1.54, 1.807) is 24.3 Å². The average Bonchev–Trinajstić information content (AvgIpc) is 2.43. The molecule has 3 nitrogen and oxygen atoms in total. The number of nitrogen functional groups attached to an aromatic ring is 1. The number of para-hydroxylation sites is 1. The van der Waals surface area contributed by atoms with Crippen molar-refractivity contribution in [2.24, 2.45) is 0 Å². The number of rotatable bonds is 4. The predicted molar refractivity (Wildman–Crippen MR) is 70.7 cm³/mol. The quantitative estimate of drug-likeness (QED) is 0.690. The molecule has 2 aromatic carbocycles. The first kappa shape index (κ1) is 14.0. The van der Waals surface area contributed by atoms with Gasteiger partial charge in [-0.2, -0.15) is 0 Å². The van der Waals surface area contributed by atoms with E-state index in [-0.39, 0.29) is 18.6 Å². The molecule has 0 aliphatic heterocycles. The second-order valence-corrected chi connectivity index (χ2v) is 4.25. The van der Waals surface area contributed by atoms with Gasteiger partial charge in [0, 0.05) is 11.3 Å². The molecule has 0 saturated carbocycles. The molecular weight excluding hydrogens is 264 g/mol. The van der Waals surface area contributed by atoms with Crippen molar-refractivity contribution >= 4 is 11.7 Å². The fraction of sp³-hybridized carbons (Fsp3) is 0.133. The zero-order valence-electron chi connectivity index (χ0n) is 10.6. The molecular formula is C15H13F2NO2. The average molecular weight is 277 g/mol. The van der Waals surface area contributed by atoms with Gasteiger partial charge in [-0.1, -0.05) is 30.3 Å². The Morgan fingerprint density at radius 2 is 1.75 bits per heavy atom. The normalized spacial score (nSPS) is 10.3. The van der Waals surface area contributed by atoms with E-state index in [1.807, 2.05) is 0 Å². The fourth-order valence-corrected chi connectivity index (χ4v) is 1.72. The van der Waals surface area contributed by atoms with Crippen LogP contribution >= 0.6 is 0 Å². The first-order valence-corrected chi connectivity index (χ1v) is 6.00. The maximum atomic E-state index is 13.4. The third-order valence-electron chi connectivity index (χ3n) is 2.81. The molecule has 0 radical (unpaired) electrons. The van der Waals surface area contributed by atoms with E-state index < -0.39 is 17.6 Å². The summed E-state index contributed by atoms with van der Waals surface area (Å²) in [6.07, 6.45) is -0.0103. The monoisotopic (exact) mass is 277 g/mol. The second kappa shape index (κ2) is 6.14. The van der Waals surface area contributed by atoms with Gasteiger partial charge in [0.1, 0.15) is 6.61 Å². The number of ether oxygens (including phenoxy) is 1. The van der Waals surface area contributed by atoms with E-state index in [2.05, 4.69) is 0 Å². The molecule has 0 unspecified atom stereocenters. The molecule has 0 aromatic heterocycles. The van der Waals surface area contributed by atoms with Crippen LogP contribution in [-0.4, -0.2) is 5.97 Å². The molecule has 0 spiro atoms. The lowest BCUT2D eigenvalue weighted by atomic mass is 10.1. The highest BCUT2D eigenvalue weighted by molar-refractivity contribution is 5.74. The third kappa shape index (κ3) is 3.32. The summed E-state index contributed by atoms with van der Waals surface area (Å²) in [6, 6.07) is 10.6. The van der Waals surface area contributed by atoms with Crippen LogP contribution in [0.1, 0.15) is 11.1 Å². The Morgan fingerprint density at radius 1 is 1.05 bits per heavy atom. The topological polar surface area (TPSA) is 52.3 Å². The number of nitrogens with two attached hydrogens (primary N) is 1. The Bertz CT molecular complexity index is 629. The summed E-state index contributed by atoms with van der Waals surface area (Å²) >= 11 is 0. The lowest BCUT2D eigenvalue weighted by Gasteiger charge is -2.07. The summed E-state index contributed by atoms with van der Waals surface area (Å²) in [4.78, 5) is 11.6. The Morgan fingerprint density at radius 3 is 2.50 bits per heavy atom. The maximum Gasteiger partial charge on any atom is 0.310 e. The van der Waals surface area contributed by atoms with Crippen molar-refractivity contribution in [2.45, 2.75) is 13.0 Å². The first-order chi connectivity index (χ1) is 9.58. The lowest BCUT2D eigenvalue weighted by Crippen LogP contribution is -2.10. The molecule has 0 amide bonds. The standard InChI is InChI=1S/C15H13F2NO2/c16-12-6-3-5-11(15(12)17)9-20-14(19)8-10-4-1-2-7-13(10)18/h1-7H,8-9,18H2. The van der Waals surface area contributed by atoms with Crippen LogP contribution < -0.4 is 5.73 Å². The van der Waals surface area contributed by atoms with E-state index in [1.165, 1.54) is 12.1 Å². The summed E-state index contributed by atoms with van der Waals surface area (Å²) in [7, 11) is 0. The second-order valence-electron chi connectivity index (χ2n) is 4.25. The maximum absolute atomic E-state index is 13.4. The van der Waals surface area contributed by atoms with Gasteiger partial charge >= 0.3 is 5.97 Å². The molecule has 0 heterocycles. The van der Waals surface area contributed by atoms with Crippen molar-refractivity contribution in [3.63, 3.8) is 0 Å². The Balaban J connectivity index is 1.96. The first-order valence-electron chi connectivity index (χ1n) is 6.00. The smallest absolute Gasteiger partial charge is 0.310 e. The van der Waals surface area contributed by atoms with E-state index >= 15 is 0 Å². The van der Waals surface area contributed by atoms with Crippen molar-refractivity contribution in [3.8, 4) is 0 Å². The zero-order chi connectivity index (χ0) is 14.5. The van der Waals surface area contributed by atoms with Gasteiger partial charge in [-0.05, 0) is 17.7 Å². The van der Waals surface area contributed by atoms with E-state index in [4.69, 9.17) is 10.5 Å². The van der Waals surface area contributed by atoms with Crippen molar-refractivity contribution in [3.05, 3.63) is 65.2 Å². The number of hydrogen-bond acceptors (Lipinski definition) is 3. The molecule has 104 valence electrons. The van der Waals surface area contributed by atoms with Crippen LogP contribution in [0, 0.1) is 11.6 Å². The molecule has 0 bridgehead atoms. The van der Waals surface area contributed by atoms with Crippen LogP contribution in [0.4, 0.5) is 14.5 Å². The molecule has 0 saturated heterocycles. The summed E-state index contributed by atoms with van der Waals surface area (Å²) in [5.41, 5.74) is 6.83. The molecule has 2 aromatic rings. The molecule has 0 aliphatic rings. The van der Waals surface area contributed by atoms with Gasteiger partial charge < -0.3 is 10.5 Å². The highest BCUT2D eigenvalue weighted by Gasteiger charge is 2.11. The Kier molecular flexibility index (Phi) is 4.30. The van der Waals surface area contributed by atoms with Crippen LogP contribution in [0.3, 0.4) is 0 Å². The fourth-order valence-electron chi connectivity index (χ4n) is 1.72. The van der Waals surface area contributed by atoms with E-state index in [9.17, 15) is 13.6 Å². The number of halogens is 2. The number of benzene rings is 2. The highest BCUT2D eigenvalue weighted by Crippen LogP contribution is 2.14. The van der Waals surface area contributed by atoms with Gasteiger partial charge in [-0.15, -0.1) is 0 Å². The molecule has 5 heteroatoms. The van der Waals surface area contributed by atoms with Gasteiger partial charge in [0.15, 0.2) is 11.6 Å². The summed E-state index contributed by atoms with van der Waals surface area (Å²) in [5.74, 6) is -2.52. The zero-order valence-corrected chi connectivity index (χ0v) is 10.6. The van der Waals surface area contributed by atoms with Crippen molar-refractivity contribution < 1.29 is 18.3 Å². The lowest BCUT2D eigenvalue weighted by molar-refractivity contribution is -0.144. The minimum absolute atomic E-state index is 0.000571. The van der Waals surface area contributed by atoms with Crippen LogP contribution in [0.25, 0.3) is 0 Å². The van der Waals surface area contributed by atoms with Gasteiger partial charge in [0.25, 0.3) is 0 Å². The summed E-state index contributed by atoms with van der Waals surface area (Å²) in [5, 5.41) is 0. The Labute approximate surface area is 115 Å². The van der Waals surface area contributed by atoms with Gasteiger partial charge in [0.05, 0.1) is 6.42 Å². The van der Waals surface area contributed by atoms with Crippen LogP contribution in [0.5, 0.6) is 0 Å². The molecule has 2 N–H and O–H groups in total. The number of anilines is 1. The van der Waals surface area contributed by atoms with Gasteiger partial charge in [-0.3, -0.25) is 4.79 Å². The molecule has 2 rings (SSSR count). The minimum Gasteiger partial charge on any atom is -0.460 e. The van der Waals surface area contributed by atoms with Crippen LogP contribution in [-0.2, 0) is 22.6 Å². The number of carbonyl (C=O) groups is 1. The van der Waals surface area contributed by atoms with Crippen LogP contribution in [0.15, 0.2) is 42.5 Å².